The van der Waals surface area contributed by atoms with Crippen LogP contribution >= 0.6 is 0 Å². The topological polar surface area (TPSA) is 133 Å². The van der Waals surface area contributed by atoms with E-state index >= 15 is 0 Å². The van der Waals surface area contributed by atoms with Crippen molar-refractivity contribution in [2.45, 2.75) is 32.9 Å². The summed E-state index contributed by atoms with van der Waals surface area (Å²) in [6.07, 6.45) is -0.531. The maximum absolute atomic E-state index is 13.8. The molecule has 0 fully saturated rings. The zero-order valence-corrected chi connectivity index (χ0v) is 16.2. The molecule has 1 unspecified atom stereocenters. The Morgan fingerprint density at radius 1 is 1.39 bits per heavy atom. The SMILES string of the molecule is COCCC(O)c1nc(C(=N)C(C(N)=NCc2ccccc2F)=C(C)C)n[nH]1. The summed E-state index contributed by atoms with van der Waals surface area (Å²) in [6, 6.07) is 6.31. The maximum atomic E-state index is 13.8. The van der Waals surface area contributed by atoms with Crippen LogP contribution in [-0.2, 0) is 11.3 Å². The van der Waals surface area contributed by atoms with Gasteiger partial charge in [-0.25, -0.2) is 9.37 Å². The lowest BCUT2D eigenvalue weighted by Crippen LogP contribution is -2.24. The lowest BCUT2D eigenvalue weighted by atomic mass is 10.0. The van der Waals surface area contributed by atoms with E-state index in [1.54, 1.807) is 39.2 Å². The highest BCUT2D eigenvalue weighted by molar-refractivity contribution is 6.27. The standard InChI is InChI=1S/C19H25FN6O2/c1-11(2)15(17(22)23-10-12-6-4-5-7-13(12)20)16(21)19-24-18(25-26-19)14(27)8-9-28-3/h4-7,14,21,27H,8-10H2,1-3H3,(H2,22,23)(H,24,25,26). The van der Waals surface area contributed by atoms with Crippen molar-refractivity contribution in [2.24, 2.45) is 10.7 Å². The Kier molecular flexibility index (Phi) is 7.53. The molecule has 0 saturated heterocycles. The van der Waals surface area contributed by atoms with Gasteiger partial charge in [0, 0.05) is 31.3 Å². The highest BCUT2D eigenvalue weighted by Gasteiger charge is 2.20. The number of benzene rings is 1. The lowest BCUT2D eigenvalue weighted by molar-refractivity contribution is 0.105. The second-order valence-corrected chi connectivity index (χ2v) is 6.38. The molecule has 0 radical (unpaired) electrons. The Bertz CT molecular complexity index is 886. The molecular formula is C19H25FN6O2. The minimum absolute atomic E-state index is 0.0313. The van der Waals surface area contributed by atoms with Gasteiger partial charge in [-0.05, 0) is 19.9 Å². The van der Waals surface area contributed by atoms with Crippen LogP contribution in [0.4, 0.5) is 4.39 Å². The van der Waals surface area contributed by atoms with E-state index in [0.717, 1.165) is 5.57 Å². The molecule has 1 aromatic heterocycles. The molecule has 28 heavy (non-hydrogen) atoms. The zero-order chi connectivity index (χ0) is 20.7. The first kappa shape index (κ1) is 21.4. The molecule has 0 bridgehead atoms. The number of ether oxygens (including phenoxy) is 1. The number of methoxy groups -OCH3 is 1. The summed E-state index contributed by atoms with van der Waals surface area (Å²) >= 11 is 0. The second-order valence-electron chi connectivity index (χ2n) is 6.38. The van der Waals surface area contributed by atoms with Crippen LogP contribution in [0.1, 0.15) is 43.6 Å². The number of aromatic nitrogens is 3. The van der Waals surface area contributed by atoms with E-state index in [-0.39, 0.29) is 35.6 Å². The number of aliphatic imine (C=N–C) groups is 1. The molecule has 1 aromatic carbocycles. The number of rotatable bonds is 9. The number of amidine groups is 1. The summed E-state index contributed by atoms with van der Waals surface area (Å²) in [7, 11) is 1.54. The zero-order valence-electron chi connectivity index (χ0n) is 16.2. The monoisotopic (exact) mass is 388 g/mol. The van der Waals surface area contributed by atoms with Crippen molar-refractivity contribution < 1.29 is 14.2 Å². The van der Waals surface area contributed by atoms with Crippen LogP contribution in [-0.4, -0.2) is 45.6 Å². The van der Waals surface area contributed by atoms with Crippen molar-refractivity contribution in [3.05, 3.63) is 58.4 Å². The molecule has 5 N–H and O–H groups in total. The predicted octanol–water partition coefficient (Wildman–Crippen LogP) is 2.28. The average Bonchev–Trinajstić information content (AvgIpc) is 3.15. The van der Waals surface area contributed by atoms with Gasteiger partial charge in [-0.15, -0.1) is 0 Å². The van der Waals surface area contributed by atoms with Gasteiger partial charge in [0.05, 0.1) is 6.54 Å². The summed E-state index contributed by atoms with van der Waals surface area (Å²) in [5.41, 5.74) is 7.57. The van der Waals surface area contributed by atoms with Gasteiger partial charge >= 0.3 is 0 Å². The first-order valence-corrected chi connectivity index (χ1v) is 8.74. The number of nitrogens with two attached hydrogens (primary N) is 1. The van der Waals surface area contributed by atoms with Crippen LogP contribution in [0, 0.1) is 11.2 Å². The quantitative estimate of drug-likeness (QED) is 0.386. The van der Waals surface area contributed by atoms with Gasteiger partial charge in [0.25, 0.3) is 0 Å². The molecular weight excluding hydrogens is 363 g/mol. The predicted molar refractivity (Wildman–Crippen MR) is 105 cm³/mol. The van der Waals surface area contributed by atoms with E-state index in [4.69, 9.17) is 15.9 Å². The molecule has 150 valence electrons. The molecule has 2 rings (SSSR count). The Balaban J connectivity index is 2.21. The van der Waals surface area contributed by atoms with E-state index in [0.29, 0.717) is 24.2 Å². The minimum Gasteiger partial charge on any atom is -0.385 e. The fraction of sp³-hybridized carbons (Fsp3) is 0.368. The summed E-state index contributed by atoms with van der Waals surface area (Å²) in [6.45, 7) is 3.99. The number of aliphatic hydroxyl groups excluding tert-OH is 1. The molecule has 0 saturated carbocycles. The van der Waals surface area contributed by atoms with Crippen molar-refractivity contribution in [3.63, 3.8) is 0 Å². The number of allylic oxidation sites excluding steroid dienone is 1. The first-order valence-electron chi connectivity index (χ1n) is 8.74. The Morgan fingerprint density at radius 2 is 2.11 bits per heavy atom. The normalized spacial score (nSPS) is 12.7. The number of halogens is 1. The smallest absolute Gasteiger partial charge is 0.199 e. The van der Waals surface area contributed by atoms with Crippen molar-refractivity contribution in [1.82, 2.24) is 15.2 Å². The van der Waals surface area contributed by atoms with Gasteiger partial charge in [0.2, 0.25) is 0 Å². The van der Waals surface area contributed by atoms with E-state index in [2.05, 4.69) is 20.2 Å². The number of aliphatic hydroxyl groups is 1. The number of nitrogens with one attached hydrogen (secondary N) is 2. The summed E-state index contributed by atoms with van der Waals surface area (Å²) < 4.78 is 18.7. The summed E-state index contributed by atoms with van der Waals surface area (Å²) in [5, 5.41) is 25.1. The fourth-order valence-corrected chi connectivity index (χ4v) is 2.52. The third-order valence-electron chi connectivity index (χ3n) is 4.02. The molecule has 0 aliphatic rings. The molecule has 1 heterocycles. The average molecular weight is 388 g/mol. The Hall–Kier alpha value is -2.91. The molecule has 0 aliphatic carbocycles. The lowest BCUT2D eigenvalue weighted by Gasteiger charge is -2.09. The van der Waals surface area contributed by atoms with E-state index < -0.39 is 6.10 Å². The summed E-state index contributed by atoms with van der Waals surface area (Å²) in [4.78, 5) is 8.41. The second kappa shape index (κ2) is 9.86. The molecule has 0 amide bonds. The third kappa shape index (κ3) is 5.30. The van der Waals surface area contributed by atoms with Crippen molar-refractivity contribution >= 4 is 11.5 Å². The van der Waals surface area contributed by atoms with Gasteiger partial charge in [-0.1, -0.05) is 23.8 Å². The highest BCUT2D eigenvalue weighted by Crippen LogP contribution is 2.16. The van der Waals surface area contributed by atoms with Gasteiger partial charge in [-0.3, -0.25) is 15.5 Å². The van der Waals surface area contributed by atoms with E-state index in [9.17, 15) is 9.50 Å². The number of hydrogen-bond donors (Lipinski definition) is 4. The van der Waals surface area contributed by atoms with Gasteiger partial charge < -0.3 is 15.6 Å². The first-order chi connectivity index (χ1) is 13.3. The Morgan fingerprint density at radius 3 is 2.75 bits per heavy atom. The third-order valence-corrected chi connectivity index (χ3v) is 4.02. The van der Waals surface area contributed by atoms with E-state index in [1.165, 1.54) is 6.07 Å². The molecule has 9 heteroatoms. The minimum atomic E-state index is -0.878. The molecule has 2 aromatic rings. The van der Waals surface area contributed by atoms with Crippen molar-refractivity contribution in [3.8, 4) is 0 Å². The van der Waals surface area contributed by atoms with Crippen LogP contribution in [0.2, 0.25) is 0 Å². The fourth-order valence-electron chi connectivity index (χ4n) is 2.52. The van der Waals surface area contributed by atoms with E-state index in [1.807, 2.05) is 0 Å². The highest BCUT2D eigenvalue weighted by atomic mass is 19.1. The number of hydrogen-bond acceptors (Lipinski definition) is 6. The van der Waals surface area contributed by atoms with Crippen molar-refractivity contribution in [2.75, 3.05) is 13.7 Å². The largest absolute Gasteiger partial charge is 0.385 e. The molecule has 0 aliphatic heterocycles. The molecule has 0 spiro atoms. The van der Waals surface area contributed by atoms with Crippen LogP contribution in [0.5, 0.6) is 0 Å². The number of H-pyrrole nitrogens is 1. The summed E-state index contributed by atoms with van der Waals surface area (Å²) in [5.74, 6) is 0.0644. The van der Waals surface area contributed by atoms with Crippen LogP contribution in [0.3, 0.4) is 0 Å². The molecule has 1 atom stereocenters. The Labute approximate surface area is 162 Å². The van der Waals surface area contributed by atoms with Crippen LogP contribution in [0.25, 0.3) is 0 Å². The maximum Gasteiger partial charge on any atom is 0.199 e. The number of aromatic amines is 1. The van der Waals surface area contributed by atoms with Crippen LogP contribution < -0.4 is 5.73 Å². The van der Waals surface area contributed by atoms with Crippen LogP contribution in [0.15, 0.2) is 40.4 Å². The van der Waals surface area contributed by atoms with Gasteiger partial charge in [0.1, 0.15) is 23.5 Å². The van der Waals surface area contributed by atoms with Crippen molar-refractivity contribution in [1.29, 1.82) is 5.41 Å². The number of nitrogens with zero attached hydrogens (tertiary/aromatic N) is 3. The van der Waals surface area contributed by atoms with Gasteiger partial charge in [0.15, 0.2) is 11.6 Å². The van der Waals surface area contributed by atoms with Gasteiger partial charge in [-0.2, -0.15) is 5.10 Å². The molecule has 8 nitrogen and oxygen atoms in total.